The van der Waals surface area contributed by atoms with Crippen LogP contribution in [0.4, 0.5) is 4.39 Å². The lowest BCUT2D eigenvalue weighted by molar-refractivity contribution is -0.147. The van der Waals surface area contributed by atoms with Gasteiger partial charge in [0, 0.05) is 22.6 Å². The SMILES string of the molecule is CC(c1cc(Br)ccc1F)N1CCC(C)(C(=O)O)C1. The van der Waals surface area contributed by atoms with Crippen molar-refractivity contribution in [3.63, 3.8) is 0 Å². The third kappa shape index (κ3) is 2.82. The van der Waals surface area contributed by atoms with Crippen LogP contribution < -0.4 is 0 Å². The zero-order valence-corrected chi connectivity index (χ0v) is 12.6. The lowest BCUT2D eigenvalue weighted by Crippen LogP contribution is -2.33. The molecular weight excluding hydrogens is 313 g/mol. The van der Waals surface area contributed by atoms with E-state index in [2.05, 4.69) is 15.9 Å². The second-order valence-electron chi connectivity index (χ2n) is 5.43. The van der Waals surface area contributed by atoms with E-state index in [1.165, 1.54) is 6.07 Å². The Hall–Kier alpha value is -0.940. The quantitative estimate of drug-likeness (QED) is 0.923. The molecule has 3 nitrogen and oxygen atoms in total. The summed E-state index contributed by atoms with van der Waals surface area (Å²) in [5.74, 6) is -1.03. The van der Waals surface area contributed by atoms with Gasteiger partial charge in [0.2, 0.25) is 0 Å². The van der Waals surface area contributed by atoms with Crippen LogP contribution in [0.3, 0.4) is 0 Å². The number of aliphatic carboxylic acids is 1. The van der Waals surface area contributed by atoms with Crippen LogP contribution in [0, 0.1) is 11.2 Å². The van der Waals surface area contributed by atoms with Crippen LogP contribution in [0.1, 0.15) is 31.9 Å². The van der Waals surface area contributed by atoms with Crippen molar-refractivity contribution in [2.45, 2.75) is 26.3 Å². The van der Waals surface area contributed by atoms with Crippen molar-refractivity contribution in [3.05, 3.63) is 34.1 Å². The first-order valence-corrected chi connectivity index (χ1v) is 7.05. The Kier molecular flexibility index (Phi) is 3.97. The summed E-state index contributed by atoms with van der Waals surface area (Å²) in [6.07, 6.45) is 0.599. The van der Waals surface area contributed by atoms with E-state index in [1.807, 2.05) is 11.8 Å². The monoisotopic (exact) mass is 329 g/mol. The molecule has 0 bridgehead atoms. The minimum absolute atomic E-state index is 0.126. The third-order valence-electron chi connectivity index (χ3n) is 3.98. The molecule has 0 saturated carbocycles. The molecule has 5 heteroatoms. The van der Waals surface area contributed by atoms with Crippen molar-refractivity contribution in [1.29, 1.82) is 0 Å². The molecule has 1 fully saturated rings. The fourth-order valence-electron chi connectivity index (χ4n) is 2.53. The van der Waals surface area contributed by atoms with Crippen molar-refractivity contribution in [3.8, 4) is 0 Å². The van der Waals surface area contributed by atoms with E-state index in [4.69, 9.17) is 0 Å². The van der Waals surface area contributed by atoms with Crippen LogP contribution in [-0.2, 0) is 4.79 Å². The Bertz CT molecular complexity index is 508. The van der Waals surface area contributed by atoms with Crippen molar-refractivity contribution in [2.24, 2.45) is 5.41 Å². The average Bonchev–Trinajstić information content (AvgIpc) is 2.76. The molecule has 1 N–H and O–H groups in total. The van der Waals surface area contributed by atoms with Crippen molar-refractivity contribution in [1.82, 2.24) is 4.90 Å². The maximum Gasteiger partial charge on any atom is 0.310 e. The van der Waals surface area contributed by atoms with Gasteiger partial charge in [0.25, 0.3) is 0 Å². The van der Waals surface area contributed by atoms with Crippen molar-refractivity contribution < 1.29 is 14.3 Å². The Balaban J connectivity index is 2.20. The van der Waals surface area contributed by atoms with Gasteiger partial charge in [-0.2, -0.15) is 0 Å². The Morgan fingerprint density at radius 3 is 2.84 bits per heavy atom. The summed E-state index contributed by atoms with van der Waals surface area (Å²) in [5, 5.41) is 9.23. The highest BCUT2D eigenvalue weighted by Gasteiger charge is 2.42. The summed E-state index contributed by atoms with van der Waals surface area (Å²) in [5.41, 5.74) is -0.125. The molecule has 1 heterocycles. The summed E-state index contributed by atoms with van der Waals surface area (Å²) in [6, 6.07) is 4.73. The molecule has 1 aromatic carbocycles. The summed E-state index contributed by atoms with van der Waals surface area (Å²) >= 11 is 3.34. The molecule has 2 rings (SSSR count). The van der Waals surface area contributed by atoms with E-state index in [-0.39, 0.29) is 11.9 Å². The van der Waals surface area contributed by atoms with Gasteiger partial charge in [-0.15, -0.1) is 0 Å². The Labute approximate surface area is 120 Å². The van der Waals surface area contributed by atoms with Gasteiger partial charge in [-0.3, -0.25) is 9.69 Å². The molecule has 0 aromatic heterocycles. The predicted molar refractivity (Wildman–Crippen MR) is 74.4 cm³/mol. The van der Waals surface area contributed by atoms with Crippen LogP contribution in [0.5, 0.6) is 0 Å². The fraction of sp³-hybridized carbons (Fsp3) is 0.500. The number of halogens is 2. The molecule has 1 aliphatic rings. The summed E-state index contributed by atoms with van der Waals surface area (Å²) in [6.45, 7) is 4.79. The van der Waals surface area contributed by atoms with E-state index >= 15 is 0 Å². The maximum absolute atomic E-state index is 13.9. The highest BCUT2D eigenvalue weighted by atomic mass is 79.9. The van der Waals surface area contributed by atoms with Gasteiger partial charge in [-0.05, 0) is 45.0 Å². The van der Waals surface area contributed by atoms with Crippen LogP contribution in [0.2, 0.25) is 0 Å². The van der Waals surface area contributed by atoms with Crippen LogP contribution >= 0.6 is 15.9 Å². The number of rotatable bonds is 3. The van der Waals surface area contributed by atoms with Gasteiger partial charge in [-0.1, -0.05) is 15.9 Å². The molecular formula is C14H17BrFNO2. The zero-order chi connectivity index (χ0) is 14.2. The number of likely N-dealkylation sites (tertiary alicyclic amines) is 1. The second-order valence-corrected chi connectivity index (χ2v) is 6.34. The molecule has 1 aromatic rings. The normalized spacial score (nSPS) is 25.5. The van der Waals surface area contributed by atoms with Crippen molar-refractivity contribution >= 4 is 21.9 Å². The Morgan fingerprint density at radius 1 is 1.58 bits per heavy atom. The first-order chi connectivity index (χ1) is 8.83. The van der Waals surface area contributed by atoms with E-state index in [0.717, 1.165) is 4.47 Å². The van der Waals surface area contributed by atoms with E-state index in [0.29, 0.717) is 25.1 Å². The highest BCUT2D eigenvalue weighted by Crippen LogP contribution is 2.36. The van der Waals surface area contributed by atoms with Gasteiger partial charge in [0.15, 0.2) is 0 Å². The number of carboxylic acid groups (broad SMARTS) is 1. The lowest BCUT2D eigenvalue weighted by Gasteiger charge is -2.26. The fourth-order valence-corrected chi connectivity index (χ4v) is 2.91. The minimum Gasteiger partial charge on any atom is -0.481 e. The summed E-state index contributed by atoms with van der Waals surface area (Å²) in [4.78, 5) is 13.3. The maximum atomic E-state index is 13.9. The van der Waals surface area contributed by atoms with Crippen molar-refractivity contribution in [2.75, 3.05) is 13.1 Å². The molecule has 2 atom stereocenters. The third-order valence-corrected chi connectivity index (χ3v) is 4.47. The van der Waals surface area contributed by atoms with Crippen LogP contribution in [0.15, 0.2) is 22.7 Å². The van der Waals surface area contributed by atoms with Crippen LogP contribution in [-0.4, -0.2) is 29.1 Å². The summed E-state index contributed by atoms with van der Waals surface area (Å²) < 4.78 is 14.7. The largest absolute Gasteiger partial charge is 0.481 e. The van der Waals surface area contributed by atoms with Gasteiger partial charge in [-0.25, -0.2) is 4.39 Å². The first kappa shape index (κ1) is 14.5. The topological polar surface area (TPSA) is 40.5 Å². The second kappa shape index (κ2) is 5.21. The summed E-state index contributed by atoms with van der Waals surface area (Å²) in [7, 11) is 0. The lowest BCUT2D eigenvalue weighted by atomic mass is 9.90. The number of nitrogens with zero attached hydrogens (tertiary/aromatic N) is 1. The number of carboxylic acids is 1. The number of hydrogen-bond acceptors (Lipinski definition) is 2. The van der Waals surface area contributed by atoms with E-state index in [1.54, 1.807) is 19.1 Å². The van der Waals surface area contributed by atoms with E-state index in [9.17, 15) is 14.3 Å². The van der Waals surface area contributed by atoms with Gasteiger partial charge in [0.1, 0.15) is 5.82 Å². The molecule has 1 aliphatic heterocycles. The molecule has 104 valence electrons. The smallest absolute Gasteiger partial charge is 0.310 e. The number of hydrogen-bond donors (Lipinski definition) is 1. The number of benzene rings is 1. The number of carbonyl (C=O) groups is 1. The van der Waals surface area contributed by atoms with E-state index < -0.39 is 11.4 Å². The Morgan fingerprint density at radius 2 is 2.26 bits per heavy atom. The average molecular weight is 330 g/mol. The van der Waals surface area contributed by atoms with Gasteiger partial charge >= 0.3 is 5.97 Å². The molecule has 19 heavy (non-hydrogen) atoms. The standard InChI is InChI=1S/C14H17BrFNO2/c1-9(11-7-10(15)3-4-12(11)16)17-6-5-14(2,8-17)13(18)19/h3-4,7,9H,5-6,8H2,1-2H3,(H,18,19). The van der Waals surface area contributed by atoms with Gasteiger partial charge < -0.3 is 5.11 Å². The zero-order valence-electron chi connectivity index (χ0n) is 11.0. The minimum atomic E-state index is -0.781. The predicted octanol–water partition coefficient (Wildman–Crippen LogP) is 3.45. The molecule has 1 saturated heterocycles. The first-order valence-electron chi connectivity index (χ1n) is 6.26. The molecule has 0 amide bonds. The van der Waals surface area contributed by atoms with Crippen LogP contribution in [0.25, 0.3) is 0 Å². The molecule has 0 aliphatic carbocycles. The molecule has 0 spiro atoms. The van der Waals surface area contributed by atoms with Gasteiger partial charge in [0.05, 0.1) is 5.41 Å². The molecule has 2 unspecified atom stereocenters. The highest BCUT2D eigenvalue weighted by molar-refractivity contribution is 9.10. The molecule has 0 radical (unpaired) electrons.